The normalized spacial score (nSPS) is 13.8. The quantitative estimate of drug-likeness (QED) is 0.861. The molecule has 1 amide bonds. The van der Waals surface area contributed by atoms with Gasteiger partial charge >= 0.3 is 0 Å². The van der Waals surface area contributed by atoms with Crippen LogP contribution in [0.2, 0.25) is 0 Å². The van der Waals surface area contributed by atoms with Crippen molar-refractivity contribution in [2.75, 3.05) is 6.54 Å². The molecule has 3 N–H and O–H groups in total. The van der Waals surface area contributed by atoms with Crippen molar-refractivity contribution in [2.45, 2.75) is 39.7 Å². The van der Waals surface area contributed by atoms with E-state index in [0.29, 0.717) is 18.2 Å². The summed E-state index contributed by atoms with van der Waals surface area (Å²) < 4.78 is 1.77. The first-order valence-electron chi connectivity index (χ1n) is 7.99. The Labute approximate surface area is 137 Å². The maximum Gasteiger partial charge on any atom is 0.272 e. The molecule has 1 atom stereocenters. The summed E-state index contributed by atoms with van der Waals surface area (Å²) in [6.07, 6.45) is 0.827. The van der Waals surface area contributed by atoms with Crippen LogP contribution in [-0.2, 0) is 0 Å². The Kier molecular flexibility index (Phi) is 5.21. The molecule has 1 unspecified atom stereocenters. The number of aryl methyl sites for hydroxylation is 1. The van der Waals surface area contributed by atoms with Gasteiger partial charge in [0.25, 0.3) is 5.91 Å². The molecule has 5 nitrogen and oxygen atoms in total. The smallest absolute Gasteiger partial charge is 0.272 e. The van der Waals surface area contributed by atoms with Gasteiger partial charge in [-0.25, -0.2) is 4.68 Å². The summed E-state index contributed by atoms with van der Waals surface area (Å²) in [7, 11) is 0. The van der Waals surface area contributed by atoms with E-state index in [4.69, 9.17) is 5.73 Å². The highest BCUT2D eigenvalue weighted by Crippen LogP contribution is 2.17. The van der Waals surface area contributed by atoms with E-state index >= 15 is 0 Å². The molecule has 0 aliphatic carbocycles. The summed E-state index contributed by atoms with van der Waals surface area (Å²) in [4.78, 5) is 12.6. The molecule has 1 heterocycles. The lowest BCUT2D eigenvalue weighted by Crippen LogP contribution is -2.52. The minimum atomic E-state index is -0.421. The molecule has 23 heavy (non-hydrogen) atoms. The maximum atomic E-state index is 12.6. The van der Waals surface area contributed by atoms with E-state index in [0.717, 1.165) is 17.8 Å². The van der Waals surface area contributed by atoms with Gasteiger partial charge in [0.1, 0.15) is 0 Å². The monoisotopic (exact) mass is 314 g/mol. The van der Waals surface area contributed by atoms with Crippen molar-refractivity contribution in [1.29, 1.82) is 0 Å². The van der Waals surface area contributed by atoms with Crippen LogP contribution < -0.4 is 11.1 Å². The Bertz CT molecular complexity index is 663. The van der Waals surface area contributed by atoms with Crippen LogP contribution in [0.15, 0.2) is 36.4 Å². The van der Waals surface area contributed by atoms with Crippen molar-refractivity contribution in [1.82, 2.24) is 15.1 Å². The minimum Gasteiger partial charge on any atom is -0.344 e. The van der Waals surface area contributed by atoms with E-state index in [2.05, 4.69) is 24.3 Å². The second kappa shape index (κ2) is 6.96. The number of rotatable bonds is 6. The number of hydrogen-bond donors (Lipinski definition) is 2. The van der Waals surface area contributed by atoms with Crippen molar-refractivity contribution in [2.24, 2.45) is 11.7 Å². The molecule has 5 heteroatoms. The number of para-hydroxylation sites is 1. The summed E-state index contributed by atoms with van der Waals surface area (Å²) in [5.41, 5.74) is 7.71. The predicted molar refractivity (Wildman–Crippen MR) is 92.7 cm³/mol. The second-order valence-corrected chi connectivity index (χ2v) is 6.74. The fraction of sp³-hybridized carbons (Fsp3) is 0.444. The van der Waals surface area contributed by atoms with Gasteiger partial charge in [0.2, 0.25) is 0 Å². The van der Waals surface area contributed by atoms with E-state index in [9.17, 15) is 4.79 Å². The number of benzene rings is 1. The van der Waals surface area contributed by atoms with Crippen molar-refractivity contribution in [3.8, 4) is 5.69 Å². The van der Waals surface area contributed by atoms with E-state index in [1.165, 1.54) is 0 Å². The van der Waals surface area contributed by atoms with E-state index in [1.807, 2.05) is 44.2 Å². The Morgan fingerprint density at radius 1 is 1.35 bits per heavy atom. The molecule has 1 aromatic heterocycles. The highest BCUT2D eigenvalue weighted by Gasteiger charge is 2.27. The molecule has 0 aliphatic heterocycles. The number of carbonyl (C=O) groups excluding carboxylic acids is 1. The molecule has 1 aromatic carbocycles. The first-order chi connectivity index (χ1) is 10.8. The van der Waals surface area contributed by atoms with E-state index in [-0.39, 0.29) is 5.91 Å². The van der Waals surface area contributed by atoms with Crippen LogP contribution in [0.1, 0.15) is 43.4 Å². The summed E-state index contributed by atoms with van der Waals surface area (Å²) in [5.74, 6) is 0.267. The minimum absolute atomic E-state index is 0.184. The second-order valence-electron chi connectivity index (χ2n) is 6.74. The van der Waals surface area contributed by atoms with Crippen LogP contribution in [-0.4, -0.2) is 27.8 Å². The van der Waals surface area contributed by atoms with Crippen LogP contribution in [0.25, 0.3) is 5.69 Å². The van der Waals surface area contributed by atoms with Gasteiger partial charge in [0.05, 0.1) is 11.2 Å². The number of aromatic nitrogens is 2. The zero-order valence-electron chi connectivity index (χ0n) is 14.3. The van der Waals surface area contributed by atoms with Crippen LogP contribution in [0, 0.1) is 12.8 Å². The van der Waals surface area contributed by atoms with Crippen LogP contribution >= 0.6 is 0 Å². The lowest BCUT2D eigenvalue weighted by atomic mass is 9.90. The van der Waals surface area contributed by atoms with E-state index < -0.39 is 5.54 Å². The number of carbonyl (C=O) groups is 1. The SMILES string of the molecule is Cc1cc(C(=O)NC(C)(CN)CC(C)C)nn1-c1ccccc1. The molecular formula is C18H26N4O. The third kappa shape index (κ3) is 4.20. The predicted octanol–water partition coefficient (Wildman–Crippen LogP) is 2.67. The molecule has 0 saturated carbocycles. The molecule has 0 bridgehead atoms. The van der Waals surface area contributed by atoms with Crippen LogP contribution in [0.3, 0.4) is 0 Å². The Morgan fingerprint density at radius 2 is 2.00 bits per heavy atom. The van der Waals surface area contributed by atoms with Crippen molar-refractivity contribution >= 4 is 5.91 Å². The Balaban J connectivity index is 2.21. The zero-order valence-corrected chi connectivity index (χ0v) is 14.3. The van der Waals surface area contributed by atoms with Gasteiger partial charge in [0.15, 0.2) is 5.69 Å². The molecule has 124 valence electrons. The highest BCUT2D eigenvalue weighted by atomic mass is 16.2. The van der Waals surface area contributed by atoms with Gasteiger partial charge in [0, 0.05) is 12.2 Å². The van der Waals surface area contributed by atoms with Crippen molar-refractivity contribution < 1.29 is 4.79 Å². The topological polar surface area (TPSA) is 72.9 Å². The van der Waals surface area contributed by atoms with Gasteiger partial charge < -0.3 is 11.1 Å². The molecule has 0 spiro atoms. The number of nitrogens with one attached hydrogen (secondary N) is 1. The number of nitrogens with two attached hydrogens (primary N) is 1. The van der Waals surface area contributed by atoms with Crippen LogP contribution in [0.4, 0.5) is 0 Å². The first-order valence-corrected chi connectivity index (χ1v) is 7.99. The number of amides is 1. The summed E-state index contributed by atoms with van der Waals surface area (Å²) >= 11 is 0. The van der Waals surface area contributed by atoms with Crippen molar-refractivity contribution in [3.05, 3.63) is 47.8 Å². The maximum absolute atomic E-state index is 12.6. The molecule has 0 radical (unpaired) electrons. The Morgan fingerprint density at radius 3 is 2.57 bits per heavy atom. The van der Waals surface area contributed by atoms with Crippen LogP contribution in [0.5, 0.6) is 0 Å². The van der Waals surface area contributed by atoms with Gasteiger partial charge in [-0.05, 0) is 44.4 Å². The summed E-state index contributed by atoms with van der Waals surface area (Å²) in [6, 6.07) is 11.6. The molecule has 2 aromatic rings. The van der Waals surface area contributed by atoms with Gasteiger partial charge in [-0.2, -0.15) is 5.10 Å². The number of nitrogens with zero attached hydrogens (tertiary/aromatic N) is 2. The fourth-order valence-electron chi connectivity index (χ4n) is 2.84. The fourth-order valence-corrected chi connectivity index (χ4v) is 2.84. The van der Waals surface area contributed by atoms with Crippen molar-refractivity contribution in [3.63, 3.8) is 0 Å². The van der Waals surface area contributed by atoms with Gasteiger partial charge in [-0.3, -0.25) is 4.79 Å². The molecule has 0 aliphatic rings. The molecule has 0 saturated heterocycles. The summed E-state index contributed by atoms with van der Waals surface area (Å²) in [5, 5.41) is 7.48. The van der Waals surface area contributed by atoms with E-state index in [1.54, 1.807) is 10.7 Å². The molecule has 2 rings (SSSR count). The van der Waals surface area contributed by atoms with Gasteiger partial charge in [-0.1, -0.05) is 32.0 Å². The average Bonchev–Trinajstić information content (AvgIpc) is 2.89. The third-order valence-electron chi connectivity index (χ3n) is 3.85. The third-order valence-corrected chi connectivity index (χ3v) is 3.85. The lowest BCUT2D eigenvalue weighted by Gasteiger charge is -2.30. The number of hydrogen-bond acceptors (Lipinski definition) is 3. The first kappa shape index (κ1) is 17.2. The Hall–Kier alpha value is -2.14. The molecule has 0 fully saturated rings. The lowest BCUT2D eigenvalue weighted by molar-refractivity contribution is 0.0892. The van der Waals surface area contributed by atoms with Gasteiger partial charge in [-0.15, -0.1) is 0 Å². The largest absolute Gasteiger partial charge is 0.344 e. The highest BCUT2D eigenvalue weighted by molar-refractivity contribution is 5.93. The summed E-state index contributed by atoms with van der Waals surface area (Å²) in [6.45, 7) is 8.55. The zero-order chi connectivity index (χ0) is 17.0. The standard InChI is InChI=1S/C18H26N4O/c1-13(2)11-18(4,12-19)20-17(23)16-10-14(3)22(21-16)15-8-6-5-7-9-15/h5-10,13H,11-12,19H2,1-4H3,(H,20,23). The average molecular weight is 314 g/mol. The molecular weight excluding hydrogens is 288 g/mol.